The standard InChI is InChI=1S/C19H26N2O3/c1-3-9-21-15-19(24-14-18(21)22)7-10-20(11-8-19)13-16-5-4-6-17(12-16)23-2/h3-6,12H,1,7-11,13-15H2,2H3. The summed E-state index contributed by atoms with van der Waals surface area (Å²) in [5.74, 6) is 0.967. The van der Waals surface area contributed by atoms with Gasteiger partial charge in [0.05, 0.1) is 19.3 Å². The van der Waals surface area contributed by atoms with E-state index in [9.17, 15) is 4.79 Å². The average Bonchev–Trinajstić information content (AvgIpc) is 2.61. The molecule has 5 nitrogen and oxygen atoms in total. The normalized spacial score (nSPS) is 21.0. The maximum absolute atomic E-state index is 11.9. The highest BCUT2D eigenvalue weighted by molar-refractivity contribution is 5.78. The topological polar surface area (TPSA) is 42.0 Å². The van der Waals surface area contributed by atoms with Crippen LogP contribution in [0.5, 0.6) is 5.75 Å². The van der Waals surface area contributed by atoms with Gasteiger partial charge in [-0.1, -0.05) is 18.2 Å². The molecule has 0 saturated carbocycles. The molecule has 1 aromatic carbocycles. The Kier molecular flexibility index (Phi) is 5.21. The molecule has 2 aliphatic heterocycles. The van der Waals surface area contributed by atoms with Crippen LogP contribution >= 0.6 is 0 Å². The fraction of sp³-hybridized carbons (Fsp3) is 0.526. The van der Waals surface area contributed by atoms with Crippen LogP contribution in [-0.2, 0) is 16.1 Å². The van der Waals surface area contributed by atoms with Gasteiger partial charge in [-0.3, -0.25) is 9.69 Å². The lowest BCUT2D eigenvalue weighted by Gasteiger charge is -2.46. The second kappa shape index (κ2) is 7.36. The number of carbonyl (C=O) groups excluding carboxylic acids is 1. The van der Waals surface area contributed by atoms with Crippen molar-refractivity contribution in [1.29, 1.82) is 0 Å². The SMILES string of the molecule is C=CCN1CC2(CCN(Cc3cccc(OC)c3)CC2)OCC1=O. The highest BCUT2D eigenvalue weighted by Crippen LogP contribution is 2.31. The van der Waals surface area contributed by atoms with Crippen molar-refractivity contribution in [2.75, 3.05) is 39.9 Å². The molecular formula is C19H26N2O3. The number of hydrogen-bond donors (Lipinski definition) is 0. The van der Waals surface area contributed by atoms with Gasteiger partial charge in [-0.15, -0.1) is 6.58 Å². The summed E-state index contributed by atoms with van der Waals surface area (Å²) in [7, 11) is 1.69. The Hall–Kier alpha value is -1.85. The molecule has 1 aromatic rings. The van der Waals surface area contributed by atoms with Crippen LogP contribution in [0.15, 0.2) is 36.9 Å². The number of rotatable bonds is 5. The zero-order valence-electron chi connectivity index (χ0n) is 14.4. The fourth-order valence-electron chi connectivity index (χ4n) is 3.56. The summed E-state index contributed by atoms with van der Waals surface area (Å²) in [6.45, 7) is 8.11. The van der Waals surface area contributed by atoms with Crippen molar-refractivity contribution >= 4 is 5.91 Å². The highest BCUT2D eigenvalue weighted by Gasteiger charge is 2.41. The number of ether oxygens (including phenoxy) is 2. The molecule has 24 heavy (non-hydrogen) atoms. The van der Waals surface area contributed by atoms with Gasteiger partial charge in [0, 0.05) is 26.2 Å². The largest absolute Gasteiger partial charge is 0.497 e. The zero-order chi connectivity index (χ0) is 17.0. The molecule has 0 unspecified atom stereocenters. The Morgan fingerprint density at radius 1 is 1.38 bits per heavy atom. The van der Waals surface area contributed by atoms with E-state index in [-0.39, 0.29) is 18.1 Å². The van der Waals surface area contributed by atoms with Crippen LogP contribution in [0.3, 0.4) is 0 Å². The monoisotopic (exact) mass is 330 g/mol. The Labute approximate surface area is 143 Å². The first-order valence-electron chi connectivity index (χ1n) is 8.52. The summed E-state index contributed by atoms with van der Waals surface area (Å²) in [6, 6.07) is 8.22. The second-order valence-electron chi connectivity index (χ2n) is 6.66. The van der Waals surface area contributed by atoms with Crippen LogP contribution in [0, 0.1) is 0 Å². The molecule has 2 saturated heterocycles. The lowest BCUT2D eigenvalue weighted by atomic mass is 9.89. The van der Waals surface area contributed by atoms with Gasteiger partial charge in [0.15, 0.2) is 0 Å². The number of morpholine rings is 1. The number of benzene rings is 1. The summed E-state index contributed by atoms with van der Waals surface area (Å²) in [6.07, 6.45) is 3.70. The van der Waals surface area contributed by atoms with E-state index in [1.165, 1.54) is 5.56 Å². The third-order valence-corrected chi connectivity index (χ3v) is 4.99. The van der Waals surface area contributed by atoms with Crippen LogP contribution in [0.4, 0.5) is 0 Å². The minimum Gasteiger partial charge on any atom is -0.497 e. The Morgan fingerprint density at radius 2 is 2.17 bits per heavy atom. The van der Waals surface area contributed by atoms with Gasteiger partial charge in [0.1, 0.15) is 12.4 Å². The Balaban J connectivity index is 1.57. The quantitative estimate of drug-likeness (QED) is 0.775. The molecule has 2 heterocycles. The smallest absolute Gasteiger partial charge is 0.248 e. The van der Waals surface area contributed by atoms with Crippen molar-refractivity contribution in [3.05, 3.63) is 42.5 Å². The molecule has 0 aromatic heterocycles. The summed E-state index contributed by atoms with van der Waals surface area (Å²) >= 11 is 0. The Bertz CT molecular complexity index is 594. The van der Waals surface area contributed by atoms with E-state index in [0.29, 0.717) is 13.1 Å². The van der Waals surface area contributed by atoms with Gasteiger partial charge >= 0.3 is 0 Å². The molecule has 0 bridgehead atoms. The predicted octanol–water partition coefficient (Wildman–Crippen LogP) is 2.07. The second-order valence-corrected chi connectivity index (χ2v) is 6.66. The van der Waals surface area contributed by atoms with Crippen LogP contribution in [0.1, 0.15) is 18.4 Å². The third kappa shape index (κ3) is 3.79. The van der Waals surface area contributed by atoms with E-state index < -0.39 is 0 Å². The van der Waals surface area contributed by atoms with Crippen molar-refractivity contribution in [3.8, 4) is 5.75 Å². The molecule has 0 radical (unpaired) electrons. The maximum Gasteiger partial charge on any atom is 0.248 e. The lowest BCUT2D eigenvalue weighted by molar-refractivity contribution is -0.170. The lowest BCUT2D eigenvalue weighted by Crippen LogP contribution is -2.58. The van der Waals surface area contributed by atoms with E-state index in [2.05, 4.69) is 23.6 Å². The maximum atomic E-state index is 11.9. The van der Waals surface area contributed by atoms with Crippen molar-refractivity contribution in [1.82, 2.24) is 9.80 Å². The molecular weight excluding hydrogens is 304 g/mol. The van der Waals surface area contributed by atoms with Crippen LogP contribution in [-0.4, -0.2) is 61.2 Å². The van der Waals surface area contributed by atoms with Crippen LogP contribution in [0.25, 0.3) is 0 Å². The molecule has 3 rings (SSSR count). The van der Waals surface area contributed by atoms with Crippen molar-refractivity contribution in [3.63, 3.8) is 0 Å². The number of likely N-dealkylation sites (tertiary alicyclic amines) is 1. The summed E-state index contributed by atoms with van der Waals surface area (Å²) in [5.41, 5.74) is 1.08. The molecule has 0 aliphatic carbocycles. The molecule has 0 atom stereocenters. The molecule has 1 spiro atoms. The van der Waals surface area contributed by atoms with Gasteiger partial charge in [0.25, 0.3) is 0 Å². The number of hydrogen-bond acceptors (Lipinski definition) is 4. The van der Waals surface area contributed by atoms with Crippen molar-refractivity contribution < 1.29 is 14.3 Å². The minimum atomic E-state index is -0.179. The number of piperidine rings is 1. The van der Waals surface area contributed by atoms with Crippen LogP contribution in [0.2, 0.25) is 0 Å². The summed E-state index contributed by atoms with van der Waals surface area (Å²) in [4.78, 5) is 16.2. The highest BCUT2D eigenvalue weighted by atomic mass is 16.5. The Morgan fingerprint density at radius 3 is 2.88 bits per heavy atom. The van der Waals surface area contributed by atoms with E-state index in [4.69, 9.17) is 9.47 Å². The molecule has 1 amide bonds. The van der Waals surface area contributed by atoms with E-state index in [1.54, 1.807) is 13.2 Å². The average molecular weight is 330 g/mol. The van der Waals surface area contributed by atoms with E-state index >= 15 is 0 Å². The molecule has 2 fully saturated rings. The minimum absolute atomic E-state index is 0.0688. The fourth-order valence-corrected chi connectivity index (χ4v) is 3.56. The van der Waals surface area contributed by atoms with Gasteiger partial charge < -0.3 is 14.4 Å². The number of nitrogens with zero attached hydrogens (tertiary/aromatic N) is 2. The van der Waals surface area contributed by atoms with Crippen molar-refractivity contribution in [2.45, 2.75) is 25.0 Å². The zero-order valence-corrected chi connectivity index (χ0v) is 14.4. The molecule has 130 valence electrons. The molecule has 0 N–H and O–H groups in total. The van der Waals surface area contributed by atoms with E-state index in [0.717, 1.165) is 38.2 Å². The number of methoxy groups -OCH3 is 1. The number of amides is 1. The number of carbonyl (C=O) groups is 1. The summed E-state index contributed by atoms with van der Waals surface area (Å²) < 4.78 is 11.3. The molecule has 5 heteroatoms. The van der Waals surface area contributed by atoms with Gasteiger partial charge in [-0.05, 0) is 30.5 Å². The van der Waals surface area contributed by atoms with E-state index in [1.807, 2.05) is 17.0 Å². The first kappa shape index (κ1) is 17.0. The first-order valence-corrected chi connectivity index (χ1v) is 8.52. The van der Waals surface area contributed by atoms with Gasteiger partial charge in [-0.25, -0.2) is 0 Å². The summed E-state index contributed by atoms with van der Waals surface area (Å²) in [5, 5.41) is 0. The van der Waals surface area contributed by atoms with Crippen molar-refractivity contribution in [2.24, 2.45) is 0 Å². The predicted molar refractivity (Wildman–Crippen MR) is 93.0 cm³/mol. The van der Waals surface area contributed by atoms with Crippen LogP contribution < -0.4 is 4.74 Å². The van der Waals surface area contributed by atoms with Gasteiger partial charge in [0.2, 0.25) is 5.91 Å². The third-order valence-electron chi connectivity index (χ3n) is 4.99. The first-order chi connectivity index (χ1) is 11.6. The molecule has 2 aliphatic rings. The van der Waals surface area contributed by atoms with Gasteiger partial charge in [-0.2, -0.15) is 0 Å².